The predicted octanol–water partition coefficient (Wildman–Crippen LogP) is -1.33. The summed E-state index contributed by atoms with van der Waals surface area (Å²) in [6, 6.07) is -0.486. The van der Waals surface area contributed by atoms with Crippen molar-refractivity contribution in [3.8, 4) is 0 Å². The Morgan fingerprint density at radius 1 is 1.64 bits per heavy atom. The highest BCUT2D eigenvalue weighted by atomic mass is 32.2. The molecule has 0 amide bonds. The van der Waals surface area contributed by atoms with Crippen molar-refractivity contribution in [1.29, 1.82) is 0 Å². The summed E-state index contributed by atoms with van der Waals surface area (Å²) in [6.45, 7) is -0.209. The van der Waals surface area contributed by atoms with Gasteiger partial charge in [-0.15, -0.1) is 0 Å². The Labute approximate surface area is 66.3 Å². The molecule has 0 saturated heterocycles. The molecule has 3 N–H and O–H groups in total. The average Bonchev–Trinajstić information content (AvgIpc) is 2.00. The van der Waals surface area contributed by atoms with Crippen LogP contribution in [-0.4, -0.2) is 39.0 Å². The molecule has 0 radical (unpaired) electrons. The molecule has 0 heterocycles. The van der Waals surface area contributed by atoms with Gasteiger partial charge in [-0.25, -0.2) is 0 Å². The van der Waals surface area contributed by atoms with E-state index in [4.69, 9.17) is 10.8 Å². The van der Waals surface area contributed by atoms with Crippen molar-refractivity contribution in [1.82, 2.24) is 0 Å². The van der Waals surface area contributed by atoms with E-state index in [9.17, 15) is 8.42 Å². The van der Waals surface area contributed by atoms with Gasteiger partial charge in [0.2, 0.25) is 0 Å². The van der Waals surface area contributed by atoms with Gasteiger partial charge in [0.25, 0.3) is 10.1 Å². The number of hydrogen-bond acceptors (Lipinski definition) is 5. The second-order valence-corrected chi connectivity index (χ2v) is 4.02. The number of nitrogens with two attached hydrogens (primary N) is 1. The predicted molar refractivity (Wildman–Crippen MR) is 40.5 cm³/mol. The minimum Gasteiger partial charge on any atom is -0.395 e. The Balaban J connectivity index is 3.71. The molecule has 0 aliphatic rings. The van der Waals surface area contributed by atoms with E-state index in [2.05, 4.69) is 4.18 Å². The zero-order valence-electron chi connectivity index (χ0n) is 6.36. The van der Waals surface area contributed by atoms with Gasteiger partial charge in [0.15, 0.2) is 0 Å². The standard InChI is InChI=1S/C5H13NO4S/c1-10-11(8,9)3-2-5(6)4-7/h5,7H,2-4,6H2,1H3. The van der Waals surface area contributed by atoms with Crippen LogP contribution in [0.3, 0.4) is 0 Å². The average molecular weight is 183 g/mol. The first-order chi connectivity index (χ1) is 5.02. The van der Waals surface area contributed by atoms with Crippen molar-refractivity contribution in [2.75, 3.05) is 19.5 Å². The summed E-state index contributed by atoms with van der Waals surface area (Å²) in [4.78, 5) is 0. The van der Waals surface area contributed by atoms with Gasteiger partial charge in [-0.05, 0) is 6.42 Å². The highest BCUT2D eigenvalue weighted by Crippen LogP contribution is 1.96. The maximum atomic E-state index is 10.7. The molecule has 6 heteroatoms. The first kappa shape index (κ1) is 10.8. The third-order valence-electron chi connectivity index (χ3n) is 1.23. The molecule has 11 heavy (non-hydrogen) atoms. The number of aliphatic hydroxyl groups is 1. The van der Waals surface area contributed by atoms with Gasteiger partial charge < -0.3 is 10.8 Å². The van der Waals surface area contributed by atoms with Crippen molar-refractivity contribution >= 4 is 10.1 Å². The SMILES string of the molecule is COS(=O)(=O)CCC(N)CO. The normalized spacial score (nSPS) is 14.8. The van der Waals surface area contributed by atoms with Crippen molar-refractivity contribution in [3.63, 3.8) is 0 Å². The lowest BCUT2D eigenvalue weighted by atomic mass is 10.3. The van der Waals surface area contributed by atoms with E-state index in [0.29, 0.717) is 0 Å². The van der Waals surface area contributed by atoms with E-state index in [1.54, 1.807) is 0 Å². The molecule has 0 aromatic heterocycles. The van der Waals surface area contributed by atoms with Gasteiger partial charge >= 0.3 is 0 Å². The molecule has 5 nitrogen and oxygen atoms in total. The smallest absolute Gasteiger partial charge is 0.267 e. The maximum Gasteiger partial charge on any atom is 0.267 e. The molecule has 0 aromatic rings. The molecule has 0 rings (SSSR count). The number of rotatable bonds is 5. The first-order valence-corrected chi connectivity index (χ1v) is 4.74. The summed E-state index contributed by atoms with van der Waals surface area (Å²) >= 11 is 0. The van der Waals surface area contributed by atoms with E-state index in [0.717, 1.165) is 7.11 Å². The van der Waals surface area contributed by atoms with E-state index < -0.39 is 16.2 Å². The molecule has 0 spiro atoms. The van der Waals surface area contributed by atoms with Crippen molar-refractivity contribution in [2.45, 2.75) is 12.5 Å². The van der Waals surface area contributed by atoms with Crippen LogP contribution >= 0.6 is 0 Å². The van der Waals surface area contributed by atoms with E-state index in [1.807, 2.05) is 0 Å². The van der Waals surface area contributed by atoms with Crippen LogP contribution in [0, 0.1) is 0 Å². The Bertz CT molecular complexity index is 189. The topological polar surface area (TPSA) is 89.6 Å². The molecule has 68 valence electrons. The van der Waals surface area contributed by atoms with Gasteiger partial charge in [-0.3, -0.25) is 4.18 Å². The third kappa shape index (κ3) is 5.14. The molecule has 0 saturated carbocycles. The fraction of sp³-hybridized carbons (Fsp3) is 1.00. The van der Waals surface area contributed by atoms with Gasteiger partial charge in [0, 0.05) is 6.04 Å². The zero-order chi connectivity index (χ0) is 8.91. The highest BCUT2D eigenvalue weighted by Gasteiger charge is 2.10. The van der Waals surface area contributed by atoms with Crippen LogP contribution in [0.15, 0.2) is 0 Å². The molecule has 1 atom stereocenters. The number of hydrogen-bond donors (Lipinski definition) is 2. The number of aliphatic hydroxyl groups excluding tert-OH is 1. The molecule has 0 aliphatic carbocycles. The monoisotopic (exact) mass is 183 g/mol. The quantitative estimate of drug-likeness (QED) is 0.515. The second-order valence-electron chi connectivity index (χ2n) is 2.16. The van der Waals surface area contributed by atoms with Crippen LogP contribution in [0.1, 0.15) is 6.42 Å². The fourth-order valence-electron chi connectivity index (χ4n) is 0.470. The minimum absolute atomic E-state index is 0.148. The first-order valence-electron chi connectivity index (χ1n) is 3.16. The molecule has 0 fully saturated rings. The highest BCUT2D eigenvalue weighted by molar-refractivity contribution is 7.86. The third-order valence-corrected chi connectivity index (χ3v) is 2.47. The Kier molecular flexibility index (Phi) is 4.58. The fourth-order valence-corrected chi connectivity index (χ4v) is 1.23. The lowest BCUT2D eigenvalue weighted by molar-refractivity contribution is 0.262. The lowest BCUT2D eigenvalue weighted by Gasteiger charge is -2.06. The Hall–Kier alpha value is -0.170. The Morgan fingerprint density at radius 2 is 2.18 bits per heavy atom. The van der Waals surface area contributed by atoms with E-state index >= 15 is 0 Å². The van der Waals surface area contributed by atoms with Gasteiger partial charge in [0.05, 0.1) is 19.5 Å². The zero-order valence-corrected chi connectivity index (χ0v) is 7.17. The molecule has 1 unspecified atom stereocenters. The van der Waals surface area contributed by atoms with Crippen molar-refractivity contribution in [3.05, 3.63) is 0 Å². The van der Waals surface area contributed by atoms with Gasteiger partial charge in [-0.2, -0.15) is 8.42 Å². The molecule has 0 bridgehead atoms. The van der Waals surface area contributed by atoms with Gasteiger partial charge in [-0.1, -0.05) is 0 Å². The lowest BCUT2D eigenvalue weighted by Crippen LogP contribution is -2.27. The summed E-state index contributed by atoms with van der Waals surface area (Å²) < 4.78 is 25.5. The van der Waals surface area contributed by atoms with Crippen LogP contribution in [0.5, 0.6) is 0 Å². The summed E-state index contributed by atoms with van der Waals surface area (Å²) in [6.07, 6.45) is 0.215. The van der Waals surface area contributed by atoms with Crippen molar-refractivity contribution < 1.29 is 17.7 Å². The van der Waals surface area contributed by atoms with Gasteiger partial charge in [0.1, 0.15) is 0 Å². The second kappa shape index (κ2) is 4.66. The van der Waals surface area contributed by atoms with E-state index in [-0.39, 0.29) is 18.8 Å². The summed E-state index contributed by atoms with van der Waals surface area (Å²) in [7, 11) is -2.32. The maximum absolute atomic E-state index is 10.7. The van der Waals surface area contributed by atoms with Crippen LogP contribution in [0.4, 0.5) is 0 Å². The molecular weight excluding hydrogens is 170 g/mol. The largest absolute Gasteiger partial charge is 0.395 e. The van der Waals surface area contributed by atoms with Crippen LogP contribution in [0.25, 0.3) is 0 Å². The van der Waals surface area contributed by atoms with Crippen LogP contribution in [0.2, 0.25) is 0 Å². The Morgan fingerprint density at radius 3 is 2.55 bits per heavy atom. The minimum atomic E-state index is -3.42. The summed E-state index contributed by atoms with van der Waals surface area (Å²) in [5.41, 5.74) is 5.26. The van der Waals surface area contributed by atoms with Crippen LogP contribution in [-0.2, 0) is 14.3 Å². The molecule has 0 aliphatic heterocycles. The van der Waals surface area contributed by atoms with Crippen molar-refractivity contribution in [2.24, 2.45) is 5.73 Å². The van der Waals surface area contributed by atoms with Crippen LogP contribution < -0.4 is 5.73 Å². The molecule has 0 aromatic carbocycles. The summed E-state index contributed by atoms with van der Waals surface area (Å²) in [5, 5.41) is 8.44. The van der Waals surface area contributed by atoms with E-state index in [1.165, 1.54) is 0 Å². The summed E-state index contributed by atoms with van der Waals surface area (Å²) in [5.74, 6) is -0.148. The molecular formula is C5H13NO4S.